The first kappa shape index (κ1) is 18.8. The molecule has 3 aromatic rings. The number of rotatable bonds is 4. The summed E-state index contributed by atoms with van der Waals surface area (Å²) in [5.41, 5.74) is 1.08. The lowest BCUT2D eigenvalue weighted by Crippen LogP contribution is -2.36. The van der Waals surface area contributed by atoms with Crippen LogP contribution in [0.3, 0.4) is 0 Å². The van der Waals surface area contributed by atoms with Crippen LogP contribution in [-0.4, -0.2) is 33.3 Å². The second-order valence-corrected chi connectivity index (χ2v) is 6.95. The highest BCUT2D eigenvalue weighted by Crippen LogP contribution is 2.29. The maximum atomic E-state index is 13.9. The van der Waals surface area contributed by atoms with Gasteiger partial charge >= 0.3 is 0 Å². The summed E-state index contributed by atoms with van der Waals surface area (Å²) in [6, 6.07) is 5.67. The predicted octanol–water partition coefficient (Wildman–Crippen LogP) is 3.06. The van der Waals surface area contributed by atoms with Crippen LogP contribution in [0.5, 0.6) is 0 Å². The van der Waals surface area contributed by atoms with E-state index in [0.29, 0.717) is 16.5 Å². The normalized spacial score (nSPS) is 19.8. The summed E-state index contributed by atoms with van der Waals surface area (Å²) in [4.78, 5) is 16.6. The van der Waals surface area contributed by atoms with E-state index in [2.05, 4.69) is 10.3 Å². The van der Waals surface area contributed by atoms with Crippen molar-refractivity contribution in [1.29, 1.82) is 0 Å². The molecule has 2 aromatic carbocycles. The molecule has 1 fully saturated rings. The highest BCUT2D eigenvalue weighted by atomic mass is 35.5. The second-order valence-electron chi connectivity index (χ2n) is 6.57. The highest BCUT2D eigenvalue weighted by Gasteiger charge is 2.38. The fourth-order valence-electron chi connectivity index (χ4n) is 3.41. The number of hydrogen-bond donors (Lipinski definition) is 3. The fourth-order valence-corrected chi connectivity index (χ4v) is 3.63. The first-order chi connectivity index (χ1) is 13.4. The average Bonchev–Trinajstić information content (AvgIpc) is 3.18. The molecule has 0 saturated carbocycles. The molecular weight excluding hydrogens is 395 g/mol. The Bertz CT molecular complexity index is 1070. The number of aliphatic hydroxyl groups is 1. The van der Waals surface area contributed by atoms with E-state index in [1.54, 1.807) is 12.3 Å². The summed E-state index contributed by atoms with van der Waals surface area (Å²) in [7, 11) is 0. The third-order valence-corrected chi connectivity index (χ3v) is 5.22. The summed E-state index contributed by atoms with van der Waals surface area (Å²) in [5, 5.41) is 13.5. The number of aromatic nitrogens is 1. The summed E-state index contributed by atoms with van der Waals surface area (Å²) >= 11 is 5.95. The second kappa shape index (κ2) is 7.12. The van der Waals surface area contributed by atoms with Crippen molar-refractivity contribution in [2.75, 3.05) is 0 Å². The summed E-state index contributed by atoms with van der Waals surface area (Å²) in [5.74, 6) is -3.10. The van der Waals surface area contributed by atoms with E-state index in [4.69, 9.17) is 11.6 Å². The number of H-pyrrole nitrogens is 1. The zero-order valence-corrected chi connectivity index (χ0v) is 15.1. The van der Waals surface area contributed by atoms with Gasteiger partial charge in [-0.25, -0.2) is 13.2 Å². The molecule has 1 aliphatic rings. The number of nitrogens with one attached hydrogen (secondary N) is 2. The Morgan fingerprint density at radius 1 is 1.11 bits per heavy atom. The van der Waals surface area contributed by atoms with E-state index >= 15 is 0 Å². The van der Waals surface area contributed by atoms with Crippen LogP contribution in [0.4, 0.5) is 13.2 Å². The zero-order valence-electron chi connectivity index (χ0n) is 14.3. The molecule has 2 heterocycles. The summed E-state index contributed by atoms with van der Waals surface area (Å²) < 4.78 is 40.9. The third-order valence-electron chi connectivity index (χ3n) is 4.85. The van der Waals surface area contributed by atoms with Crippen LogP contribution in [0.1, 0.15) is 11.1 Å². The number of aromatic amines is 1. The van der Waals surface area contributed by atoms with Gasteiger partial charge in [0.2, 0.25) is 5.91 Å². The van der Waals surface area contributed by atoms with Crippen molar-refractivity contribution in [3.05, 3.63) is 70.1 Å². The number of fused-ring (bicyclic) bond motifs is 1. The van der Waals surface area contributed by atoms with E-state index in [9.17, 15) is 23.1 Å². The van der Waals surface area contributed by atoms with Gasteiger partial charge in [0, 0.05) is 17.1 Å². The molecule has 4 rings (SSSR count). The number of carbonyl (C=O) groups excluding carboxylic acids is 1. The van der Waals surface area contributed by atoms with E-state index in [1.807, 2.05) is 0 Å². The van der Waals surface area contributed by atoms with Gasteiger partial charge in [0.25, 0.3) is 0 Å². The largest absolute Gasteiger partial charge is 0.361 e. The molecule has 1 unspecified atom stereocenters. The van der Waals surface area contributed by atoms with E-state index in [-0.39, 0.29) is 23.6 Å². The maximum Gasteiger partial charge on any atom is 0.243 e. The van der Waals surface area contributed by atoms with Gasteiger partial charge in [-0.1, -0.05) is 23.7 Å². The van der Waals surface area contributed by atoms with E-state index < -0.39 is 35.8 Å². The molecule has 9 heteroatoms. The van der Waals surface area contributed by atoms with Gasteiger partial charge in [0.1, 0.15) is 10.8 Å². The van der Waals surface area contributed by atoms with Crippen molar-refractivity contribution < 1.29 is 23.1 Å². The number of hydrogen-bond acceptors (Lipinski definition) is 3. The number of benzene rings is 2. The molecular formula is C19H15ClF3N3O2. The smallest absolute Gasteiger partial charge is 0.243 e. The Morgan fingerprint density at radius 3 is 2.68 bits per heavy atom. The van der Waals surface area contributed by atoms with Crippen molar-refractivity contribution >= 4 is 28.4 Å². The van der Waals surface area contributed by atoms with Crippen LogP contribution in [0.2, 0.25) is 5.02 Å². The van der Waals surface area contributed by atoms with Gasteiger partial charge in [-0.05, 0) is 30.2 Å². The van der Waals surface area contributed by atoms with E-state index in [0.717, 1.165) is 11.0 Å². The molecule has 0 bridgehead atoms. The molecule has 1 aromatic heterocycles. The van der Waals surface area contributed by atoms with Gasteiger partial charge in [-0.3, -0.25) is 15.0 Å². The van der Waals surface area contributed by atoms with Crippen molar-refractivity contribution in [2.45, 2.75) is 25.4 Å². The molecule has 1 saturated heterocycles. The summed E-state index contributed by atoms with van der Waals surface area (Å²) in [6.07, 6.45) is 0.470. The lowest BCUT2D eigenvalue weighted by atomic mass is 10.0. The van der Waals surface area contributed by atoms with Crippen LogP contribution in [0, 0.1) is 17.5 Å². The number of halogens is 4. The van der Waals surface area contributed by atoms with Crippen LogP contribution < -0.4 is 5.32 Å². The van der Waals surface area contributed by atoms with Crippen molar-refractivity contribution in [3.8, 4) is 0 Å². The Morgan fingerprint density at radius 2 is 1.89 bits per heavy atom. The molecule has 0 aliphatic carbocycles. The van der Waals surface area contributed by atoms with Gasteiger partial charge in [0.15, 0.2) is 18.0 Å². The fraction of sp³-hybridized carbons (Fsp3) is 0.211. The minimum absolute atomic E-state index is 0.0378. The predicted molar refractivity (Wildman–Crippen MR) is 96.8 cm³/mol. The molecule has 0 spiro atoms. The van der Waals surface area contributed by atoms with Crippen LogP contribution in [0.15, 0.2) is 36.5 Å². The molecule has 1 amide bonds. The molecule has 146 valence electrons. The maximum absolute atomic E-state index is 13.9. The minimum Gasteiger partial charge on any atom is -0.361 e. The lowest BCUT2D eigenvalue weighted by Gasteiger charge is -2.20. The SMILES string of the molecule is O=C1[C@@H](Cc2c[nH]c3c(Cl)c(F)ccc23)NC(O)N1Cc1cccc(F)c1F. The van der Waals surface area contributed by atoms with Crippen LogP contribution in [0.25, 0.3) is 10.9 Å². The lowest BCUT2D eigenvalue weighted by molar-refractivity contribution is -0.135. The van der Waals surface area contributed by atoms with Crippen molar-refractivity contribution in [1.82, 2.24) is 15.2 Å². The monoisotopic (exact) mass is 409 g/mol. The van der Waals surface area contributed by atoms with Gasteiger partial charge in [-0.2, -0.15) is 0 Å². The molecule has 5 nitrogen and oxygen atoms in total. The Labute approximate surface area is 162 Å². The Kier molecular flexibility index (Phi) is 4.78. The molecule has 28 heavy (non-hydrogen) atoms. The average molecular weight is 410 g/mol. The molecule has 1 aliphatic heterocycles. The highest BCUT2D eigenvalue weighted by molar-refractivity contribution is 6.35. The minimum atomic E-state index is -1.34. The number of carbonyl (C=O) groups is 1. The zero-order chi connectivity index (χ0) is 20.0. The number of aliphatic hydroxyl groups excluding tert-OH is 1. The number of nitrogens with zero attached hydrogens (tertiary/aromatic N) is 1. The first-order valence-electron chi connectivity index (χ1n) is 8.48. The quantitative estimate of drug-likeness (QED) is 0.620. The van der Waals surface area contributed by atoms with Gasteiger partial charge in [0.05, 0.1) is 18.1 Å². The molecule has 0 radical (unpaired) electrons. The third kappa shape index (κ3) is 3.13. The van der Waals surface area contributed by atoms with Gasteiger partial charge in [-0.15, -0.1) is 0 Å². The molecule has 3 N–H and O–H groups in total. The van der Waals surface area contributed by atoms with Crippen molar-refractivity contribution in [3.63, 3.8) is 0 Å². The van der Waals surface area contributed by atoms with Crippen molar-refractivity contribution in [2.24, 2.45) is 0 Å². The van der Waals surface area contributed by atoms with Gasteiger partial charge < -0.3 is 10.1 Å². The standard InChI is InChI=1S/C19H15ClF3N3O2/c20-15-12(21)5-4-11-10(7-24-17(11)15)6-14-18(27)26(19(28)25-14)8-9-2-1-3-13(22)16(9)23/h1-5,7,14,19,24-25,28H,6,8H2/t14-,19?/m1/s1. The Hall–Kier alpha value is -2.55. The topological polar surface area (TPSA) is 68.4 Å². The Balaban J connectivity index is 1.55. The number of amides is 1. The summed E-state index contributed by atoms with van der Waals surface area (Å²) in [6.45, 7) is -0.280. The molecule has 2 atom stereocenters. The van der Waals surface area contributed by atoms with E-state index in [1.165, 1.54) is 18.2 Å². The van der Waals surface area contributed by atoms with Crippen LogP contribution >= 0.6 is 11.6 Å². The first-order valence-corrected chi connectivity index (χ1v) is 8.86. The van der Waals surface area contributed by atoms with Crippen LogP contribution in [-0.2, 0) is 17.8 Å².